The molecule has 1 unspecified atom stereocenters. The van der Waals surface area contributed by atoms with Crippen LogP contribution < -0.4 is 15.8 Å². The van der Waals surface area contributed by atoms with Crippen LogP contribution in [0.2, 0.25) is 0 Å². The Bertz CT molecular complexity index is 869. The minimum atomic E-state index is -0.278. The Kier molecular flexibility index (Phi) is 5.34. The van der Waals surface area contributed by atoms with Crippen LogP contribution in [0.1, 0.15) is 12.0 Å². The molecule has 7 heteroatoms. The first kappa shape index (κ1) is 18.2. The van der Waals surface area contributed by atoms with Crippen LogP contribution in [-0.4, -0.2) is 48.2 Å². The molecule has 0 bridgehead atoms. The molecule has 0 aromatic heterocycles. The van der Waals surface area contributed by atoms with Crippen molar-refractivity contribution in [1.29, 1.82) is 0 Å². The number of para-hydroxylation sites is 1. The molecular weight excluding hydrogens is 354 g/mol. The molecule has 4 rings (SSSR count). The molecule has 1 atom stereocenters. The van der Waals surface area contributed by atoms with Crippen molar-refractivity contribution >= 4 is 23.3 Å². The van der Waals surface area contributed by atoms with E-state index in [0.29, 0.717) is 5.69 Å². The number of rotatable bonds is 5. The molecular formula is C21H23N5O2. The van der Waals surface area contributed by atoms with Crippen molar-refractivity contribution in [2.75, 3.05) is 24.6 Å². The van der Waals surface area contributed by atoms with Crippen LogP contribution >= 0.6 is 0 Å². The van der Waals surface area contributed by atoms with Crippen LogP contribution in [0.5, 0.6) is 0 Å². The van der Waals surface area contributed by atoms with E-state index in [1.807, 2.05) is 48.5 Å². The summed E-state index contributed by atoms with van der Waals surface area (Å²) in [5.74, 6) is -0.303. The second-order valence-electron chi connectivity index (χ2n) is 7.02. The number of benzene rings is 2. The highest BCUT2D eigenvalue weighted by Gasteiger charge is 2.29. The van der Waals surface area contributed by atoms with Crippen molar-refractivity contribution < 1.29 is 9.59 Å². The zero-order valence-corrected chi connectivity index (χ0v) is 15.5. The van der Waals surface area contributed by atoms with Gasteiger partial charge in [0.1, 0.15) is 6.54 Å². The van der Waals surface area contributed by atoms with Gasteiger partial charge in [0.15, 0.2) is 0 Å². The molecule has 2 heterocycles. The Morgan fingerprint density at radius 1 is 1.11 bits per heavy atom. The molecule has 0 spiro atoms. The monoisotopic (exact) mass is 377 g/mol. The molecule has 144 valence electrons. The van der Waals surface area contributed by atoms with E-state index < -0.39 is 0 Å². The molecule has 1 fully saturated rings. The molecule has 2 aromatic carbocycles. The predicted molar refractivity (Wildman–Crippen MR) is 108 cm³/mol. The molecule has 0 radical (unpaired) electrons. The highest BCUT2D eigenvalue weighted by atomic mass is 16.2. The molecule has 2 aromatic rings. The summed E-state index contributed by atoms with van der Waals surface area (Å²) in [6.07, 6.45) is 0.896. The smallest absolute Gasteiger partial charge is 0.288 e. The Morgan fingerprint density at radius 2 is 1.82 bits per heavy atom. The van der Waals surface area contributed by atoms with Gasteiger partial charge < -0.3 is 5.32 Å². The number of carbonyl (C=O) groups excluding carboxylic acids is 2. The highest BCUT2D eigenvalue weighted by molar-refractivity contribution is 6.39. The summed E-state index contributed by atoms with van der Waals surface area (Å²) in [7, 11) is 0. The van der Waals surface area contributed by atoms with Gasteiger partial charge in [-0.3, -0.25) is 24.9 Å². The molecule has 0 saturated carbocycles. The molecule has 7 nitrogen and oxygen atoms in total. The number of nitrogens with zero attached hydrogens (tertiary/aromatic N) is 3. The lowest BCUT2D eigenvalue weighted by Crippen LogP contribution is -2.57. The third-order valence-corrected chi connectivity index (χ3v) is 4.93. The van der Waals surface area contributed by atoms with Gasteiger partial charge in [-0.05, 0) is 24.1 Å². The number of likely N-dealkylation sites (tertiary alicyclic amines) is 1. The van der Waals surface area contributed by atoms with Gasteiger partial charge in [-0.25, -0.2) is 5.01 Å². The number of nitrogens with one attached hydrogen (secondary N) is 2. The minimum Gasteiger partial charge on any atom is -0.345 e. The average Bonchev–Trinajstić information content (AvgIpc) is 3.16. The van der Waals surface area contributed by atoms with Gasteiger partial charge in [-0.15, -0.1) is 0 Å². The standard InChI is InChI=1S/C21H23N5O2/c27-19-13-22-20(24-26(19)18-9-5-2-6-10-18)21(28)23-17-11-12-25(15-17)14-16-7-3-1-4-8-16/h1-10,17H,11-15H2,(H,22,24)(H,23,28). The van der Waals surface area contributed by atoms with Gasteiger partial charge in [-0.1, -0.05) is 48.5 Å². The number of carbonyl (C=O) groups is 2. The van der Waals surface area contributed by atoms with Crippen molar-refractivity contribution in [1.82, 2.24) is 15.6 Å². The molecule has 2 aliphatic heterocycles. The number of anilines is 1. The van der Waals surface area contributed by atoms with Crippen molar-refractivity contribution in [2.24, 2.45) is 4.99 Å². The topological polar surface area (TPSA) is 77.0 Å². The number of hydrazine groups is 1. The summed E-state index contributed by atoms with van der Waals surface area (Å²) in [6, 6.07) is 19.6. The van der Waals surface area contributed by atoms with E-state index in [-0.39, 0.29) is 30.2 Å². The predicted octanol–water partition coefficient (Wildman–Crippen LogP) is 1.33. The van der Waals surface area contributed by atoms with E-state index in [0.717, 1.165) is 26.1 Å². The van der Waals surface area contributed by atoms with Gasteiger partial charge >= 0.3 is 0 Å². The number of amides is 2. The van der Waals surface area contributed by atoms with Crippen LogP contribution in [0, 0.1) is 0 Å². The Balaban J connectivity index is 1.33. The molecule has 1 saturated heterocycles. The third kappa shape index (κ3) is 4.20. The van der Waals surface area contributed by atoms with E-state index in [1.165, 1.54) is 10.6 Å². The van der Waals surface area contributed by atoms with Crippen molar-refractivity contribution in [2.45, 2.75) is 19.0 Å². The second kappa shape index (κ2) is 8.22. The molecule has 0 aliphatic carbocycles. The summed E-state index contributed by atoms with van der Waals surface area (Å²) in [5.41, 5.74) is 4.80. The first-order chi connectivity index (χ1) is 13.7. The van der Waals surface area contributed by atoms with Gasteiger partial charge in [0.05, 0.1) is 5.69 Å². The summed E-state index contributed by atoms with van der Waals surface area (Å²) in [6.45, 7) is 2.57. The second-order valence-corrected chi connectivity index (χ2v) is 7.02. The zero-order valence-electron chi connectivity index (χ0n) is 15.5. The Hall–Kier alpha value is -3.19. The number of hydrogen-bond acceptors (Lipinski definition) is 5. The molecule has 2 amide bonds. The van der Waals surface area contributed by atoms with E-state index in [2.05, 4.69) is 32.8 Å². The number of aliphatic imine (C=N–C) groups is 1. The fraction of sp³-hybridized carbons (Fsp3) is 0.286. The SMILES string of the molecule is O=C(NC1CCN(Cc2ccccc2)C1)C1=NCC(=O)N(c2ccccc2)N1. The van der Waals surface area contributed by atoms with Crippen LogP contribution in [-0.2, 0) is 16.1 Å². The quantitative estimate of drug-likeness (QED) is 0.824. The first-order valence-electron chi connectivity index (χ1n) is 9.45. The largest absolute Gasteiger partial charge is 0.345 e. The van der Waals surface area contributed by atoms with Gasteiger partial charge in [0.2, 0.25) is 5.84 Å². The van der Waals surface area contributed by atoms with Gasteiger partial charge in [0, 0.05) is 25.7 Å². The van der Waals surface area contributed by atoms with Crippen molar-refractivity contribution in [3.8, 4) is 0 Å². The van der Waals surface area contributed by atoms with E-state index in [1.54, 1.807) is 0 Å². The summed E-state index contributed by atoms with van der Waals surface area (Å²) in [4.78, 5) is 31.2. The minimum absolute atomic E-state index is 0.0462. The summed E-state index contributed by atoms with van der Waals surface area (Å²) < 4.78 is 0. The van der Waals surface area contributed by atoms with Crippen LogP contribution in [0.4, 0.5) is 5.69 Å². The molecule has 2 aliphatic rings. The highest BCUT2D eigenvalue weighted by Crippen LogP contribution is 2.15. The zero-order chi connectivity index (χ0) is 19.3. The van der Waals surface area contributed by atoms with Crippen molar-refractivity contribution in [3.63, 3.8) is 0 Å². The Morgan fingerprint density at radius 3 is 2.57 bits per heavy atom. The van der Waals surface area contributed by atoms with Gasteiger partial charge in [-0.2, -0.15) is 0 Å². The molecule has 2 N–H and O–H groups in total. The lowest BCUT2D eigenvalue weighted by molar-refractivity contribution is -0.118. The van der Waals surface area contributed by atoms with Gasteiger partial charge in [0.25, 0.3) is 11.8 Å². The maximum absolute atomic E-state index is 12.6. The summed E-state index contributed by atoms with van der Waals surface area (Å²) >= 11 is 0. The Labute approximate surface area is 164 Å². The molecule has 28 heavy (non-hydrogen) atoms. The maximum Gasteiger partial charge on any atom is 0.288 e. The third-order valence-electron chi connectivity index (χ3n) is 4.93. The van der Waals surface area contributed by atoms with E-state index in [4.69, 9.17) is 0 Å². The van der Waals surface area contributed by atoms with Crippen LogP contribution in [0.15, 0.2) is 65.7 Å². The normalized spacial score (nSPS) is 19.9. The fourth-order valence-electron chi connectivity index (χ4n) is 3.52. The average molecular weight is 377 g/mol. The van der Waals surface area contributed by atoms with Crippen molar-refractivity contribution in [3.05, 3.63) is 66.2 Å². The first-order valence-corrected chi connectivity index (χ1v) is 9.45. The van der Waals surface area contributed by atoms with Crippen LogP contribution in [0.25, 0.3) is 0 Å². The maximum atomic E-state index is 12.6. The lowest BCUT2D eigenvalue weighted by atomic mass is 10.2. The van der Waals surface area contributed by atoms with Crippen LogP contribution in [0.3, 0.4) is 0 Å². The number of amidine groups is 1. The van der Waals surface area contributed by atoms with E-state index in [9.17, 15) is 9.59 Å². The summed E-state index contributed by atoms with van der Waals surface area (Å²) in [5, 5.41) is 4.41. The fourth-order valence-corrected chi connectivity index (χ4v) is 3.52. The number of hydrogen-bond donors (Lipinski definition) is 2. The van der Waals surface area contributed by atoms with E-state index >= 15 is 0 Å². The lowest BCUT2D eigenvalue weighted by Gasteiger charge is -2.28.